The van der Waals surface area contributed by atoms with Gasteiger partial charge < -0.3 is 9.64 Å². The van der Waals surface area contributed by atoms with Crippen LogP contribution in [-0.2, 0) is 22.5 Å². The molecule has 0 saturated carbocycles. The molecule has 0 unspecified atom stereocenters. The van der Waals surface area contributed by atoms with Crippen LogP contribution >= 0.6 is 11.3 Å². The Morgan fingerprint density at radius 1 is 0.879 bits per heavy atom. The maximum absolute atomic E-state index is 12.9. The normalized spacial score (nSPS) is 10.5. The third kappa shape index (κ3) is 6.30. The fourth-order valence-electron chi connectivity index (χ4n) is 3.18. The zero-order chi connectivity index (χ0) is 22.9. The molecule has 0 atom stereocenters. The minimum atomic E-state index is -0.649. The predicted octanol–water partition coefficient (Wildman–Crippen LogP) is 4.03. The largest absolute Gasteiger partial charge is 0.451 e. The molecule has 7 nitrogen and oxygen atoms in total. The Morgan fingerprint density at radius 2 is 1.55 bits per heavy atom. The Balaban J connectivity index is 1.38. The van der Waals surface area contributed by atoms with E-state index in [1.807, 2.05) is 60.7 Å². The molecule has 0 aliphatic rings. The fraction of sp³-hybridized carbons (Fsp3) is 0.160. The van der Waals surface area contributed by atoms with Crippen LogP contribution in [0.15, 0.2) is 84.5 Å². The highest BCUT2D eigenvalue weighted by molar-refractivity contribution is 7.13. The van der Waals surface area contributed by atoms with E-state index in [1.165, 1.54) is 11.3 Å². The van der Waals surface area contributed by atoms with Gasteiger partial charge in [-0.1, -0.05) is 60.7 Å². The molecule has 0 bridgehead atoms. The summed E-state index contributed by atoms with van der Waals surface area (Å²) in [4.78, 5) is 39.6. The average Bonchev–Trinajstić information content (AvgIpc) is 3.37. The monoisotopic (exact) mass is 458 g/mol. The minimum Gasteiger partial charge on any atom is -0.451 e. The van der Waals surface area contributed by atoms with Crippen molar-refractivity contribution in [2.75, 3.05) is 13.2 Å². The molecular formula is C25H22N4O3S. The number of carbonyl (C=O) groups excluding carboxylic acids is 2. The molecule has 0 N–H and O–H groups in total. The van der Waals surface area contributed by atoms with Gasteiger partial charge in [0, 0.05) is 30.9 Å². The molecule has 2 aromatic heterocycles. The van der Waals surface area contributed by atoms with Crippen molar-refractivity contribution in [3.8, 4) is 10.8 Å². The number of hydrogen-bond acceptors (Lipinski definition) is 7. The highest BCUT2D eigenvalue weighted by Gasteiger charge is 2.19. The number of aromatic nitrogens is 3. The Hall–Kier alpha value is -3.91. The number of thiazole rings is 1. The van der Waals surface area contributed by atoms with Gasteiger partial charge >= 0.3 is 5.97 Å². The lowest BCUT2D eigenvalue weighted by molar-refractivity contribution is -0.135. The topological polar surface area (TPSA) is 85.3 Å². The summed E-state index contributed by atoms with van der Waals surface area (Å²) < 4.78 is 5.28. The number of hydrogen-bond donors (Lipinski definition) is 0. The first kappa shape index (κ1) is 22.3. The van der Waals surface area contributed by atoms with E-state index in [2.05, 4.69) is 15.0 Å². The summed E-state index contributed by atoms with van der Waals surface area (Å²) in [6, 6.07) is 21.4. The van der Waals surface area contributed by atoms with Gasteiger partial charge in [0.1, 0.15) is 0 Å². The second-order valence-corrected chi connectivity index (χ2v) is 8.08. The van der Waals surface area contributed by atoms with Crippen molar-refractivity contribution < 1.29 is 14.3 Å². The lowest BCUT2D eigenvalue weighted by Gasteiger charge is -2.23. The number of ether oxygens (including phenoxy) is 1. The Bertz CT molecular complexity index is 1180. The molecule has 166 valence electrons. The third-order valence-electron chi connectivity index (χ3n) is 4.88. The first-order chi connectivity index (χ1) is 16.2. The highest BCUT2D eigenvalue weighted by atomic mass is 32.1. The van der Waals surface area contributed by atoms with Crippen molar-refractivity contribution in [1.29, 1.82) is 0 Å². The SMILES string of the molecule is O=C(OCC(=O)N(CCc1ccccc1)Cc1ccccc1)c1csc(-c2ncccn2)n1. The quantitative estimate of drug-likeness (QED) is 0.352. The van der Waals surface area contributed by atoms with Crippen molar-refractivity contribution in [2.45, 2.75) is 13.0 Å². The van der Waals surface area contributed by atoms with Gasteiger partial charge in [-0.2, -0.15) is 0 Å². The average molecular weight is 459 g/mol. The number of benzene rings is 2. The van der Waals surface area contributed by atoms with Gasteiger partial charge in [-0.05, 0) is 23.6 Å². The van der Waals surface area contributed by atoms with E-state index in [1.54, 1.807) is 28.7 Å². The van der Waals surface area contributed by atoms with Crippen molar-refractivity contribution in [3.05, 3.63) is 101 Å². The molecule has 2 heterocycles. The number of esters is 1. The maximum atomic E-state index is 12.9. The molecule has 1 amide bonds. The molecule has 0 radical (unpaired) electrons. The smallest absolute Gasteiger partial charge is 0.358 e. The number of rotatable bonds is 9. The van der Waals surface area contributed by atoms with Crippen LogP contribution in [0.3, 0.4) is 0 Å². The van der Waals surface area contributed by atoms with E-state index >= 15 is 0 Å². The zero-order valence-electron chi connectivity index (χ0n) is 17.8. The molecule has 0 saturated heterocycles. The molecule has 0 aliphatic heterocycles. The standard InChI is InChI=1S/C25H22N4O3S/c30-22(17-32-25(31)21-18-33-24(28-21)23-26-13-7-14-27-23)29(16-20-10-5-2-6-11-20)15-12-19-8-3-1-4-9-19/h1-11,13-14,18H,12,15-17H2. The van der Waals surface area contributed by atoms with E-state index in [-0.39, 0.29) is 18.2 Å². The van der Waals surface area contributed by atoms with Crippen LogP contribution in [0.25, 0.3) is 10.8 Å². The van der Waals surface area contributed by atoms with E-state index in [0.29, 0.717) is 30.3 Å². The van der Waals surface area contributed by atoms with Gasteiger partial charge in [-0.15, -0.1) is 11.3 Å². The van der Waals surface area contributed by atoms with E-state index in [4.69, 9.17) is 4.74 Å². The predicted molar refractivity (Wildman–Crippen MR) is 125 cm³/mol. The molecule has 0 aliphatic carbocycles. The number of nitrogens with zero attached hydrogens (tertiary/aromatic N) is 4. The molecule has 4 rings (SSSR count). The highest BCUT2D eigenvalue weighted by Crippen LogP contribution is 2.20. The van der Waals surface area contributed by atoms with Gasteiger partial charge in [0.05, 0.1) is 0 Å². The van der Waals surface area contributed by atoms with Crippen molar-refractivity contribution in [2.24, 2.45) is 0 Å². The van der Waals surface area contributed by atoms with Crippen LogP contribution in [0.2, 0.25) is 0 Å². The minimum absolute atomic E-state index is 0.133. The van der Waals surface area contributed by atoms with Gasteiger partial charge in [0.15, 0.2) is 23.1 Å². The Labute approximate surface area is 195 Å². The molecule has 0 spiro atoms. The van der Waals surface area contributed by atoms with E-state index in [0.717, 1.165) is 11.1 Å². The maximum Gasteiger partial charge on any atom is 0.358 e. The molecule has 2 aromatic carbocycles. The van der Waals surface area contributed by atoms with Crippen LogP contribution < -0.4 is 0 Å². The van der Waals surface area contributed by atoms with Crippen molar-refractivity contribution in [1.82, 2.24) is 19.9 Å². The molecule has 33 heavy (non-hydrogen) atoms. The first-order valence-corrected chi connectivity index (χ1v) is 11.3. The summed E-state index contributed by atoms with van der Waals surface area (Å²) in [7, 11) is 0. The number of carbonyl (C=O) groups is 2. The summed E-state index contributed by atoms with van der Waals surface area (Å²) in [5.74, 6) is -0.470. The molecule has 0 fully saturated rings. The lowest BCUT2D eigenvalue weighted by atomic mass is 10.1. The van der Waals surface area contributed by atoms with Gasteiger partial charge in [-0.3, -0.25) is 4.79 Å². The summed E-state index contributed by atoms with van der Waals surface area (Å²) in [5.41, 5.74) is 2.28. The van der Waals surface area contributed by atoms with Crippen LogP contribution in [0, 0.1) is 0 Å². The van der Waals surface area contributed by atoms with Crippen molar-refractivity contribution in [3.63, 3.8) is 0 Å². The van der Waals surface area contributed by atoms with Crippen molar-refractivity contribution >= 4 is 23.2 Å². The molecule has 4 aromatic rings. The van der Waals surface area contributed by atoms with Gasteiger partial charge in [-0.25, -0.2) is 19.7 Å². The third-order valence-corrected chi connectivity index (χ3v) is 5.72. The number of amides is 1. The molecular weight excluding hydrogens is 436 g/mol. The van der Waals surface area contributed by atoms with Crippen LogP contribution in [0.1, 0.15) is 21.6 Å². The Morgan fingerprint density at radius 3 is 2.24 bits per heavy atom. The Kier molecular flexibility index (Phi) is 7.50. The lowest BCUT2D eigenvalue weighted by Crippen LogP contribution is -2.35. The summed E-state index contributed by atoms with van der Waals surface area (Å²) >= 11 is 1.25. The summed E-state index contributed by atoms with van der Waals surface area (Å²) in [6.45, 7) is 0.604. The van der Waals surface area contributed by atoms with E-state index in [9.17, 15) is 9.59 Å². The fourth-order valence-corrected chi connectivity index (χ4v) is 3.91. The van der Waals surface area contributed by atoms with Crippen LogP contribution in [0.4, 0.5) is 0 Å². The molecule has 8 heteroatoms. The first-order valence-electron chi connectivity index (χ1n) is 10.4. The summed E-state index contributed by atoms with van der Waals surface area (Å²) in [5, 5.41) is 2.10. The van der Waals surface area contributed by atoms with Gasteiger partial charge in [0.25, 0.3) is 5.91 Å². The zero-order valence-corrected chi connectivity index (χ0v) is 18.6. The second-order valence-electron chi connectivity index (χ2n) is 7.22. The summed E-state index contributed by atoms with van der Waals surface area (Å²) in [6.07, 6.45) is 3.92. The van der Waals surface area contributed by atoms with E-state index < -0.39 is 5.97 Å². The van der Waals surface area contributed by atoms with Gasteiger partial charge in [0.2, 0.25) is 0 Å². The van der Waals surface area contributed by atoms with Crippen LogP contribution in [-0.4, -0.2) is 44.9 Å². The van der Waals surface area contributed by atoms with Crippen LogP contribution in [0.5, 0.6) is 0 Å². The second kappa shape index (κ2) is 11.1.